The minimum absolute atomic E-state index is 0.0158. The summed E-state index contributed by atoms with van der Waals surface area (Å²) in [6.45, 7) is 6.50. The lowest BCUT2D eigenvalue weighted by molar-refractivity contribution is 0.175. The molecule has 0 saturated heterocycles. The summed E-state index contributed by atoms with van der Waals surface area (Å²) in [6.07, 6.45) is 0.304. The molecule has 0 bridgehead atoms. The van der Waals surface area contributed by atoms with Crippen LogP contribution in [-0.2, 0) is 17.5 Å². The summed E-state index contributed by atoms with van der Waals surface area (Å²) in [5.41, 5.74) is 7.18. The van der Waals surface area contributed by atoms with Gasteiger partial charge in [-0.15, -0.1) is 0 Å². The van der Waals surface area contributed by atoms with Crippen LogP contribution in [0.2, 0.25) is 0 Å². The maximum Gasteiger partial charge on any atom is 0.152 e. The molecule has 2 heteroatoms. The minimum Gasteiger partial charge on any atom is -0.327 e. The zero-order valence-corrected chi connectivity index (χ0v) is 13.1. The van der Waals surface area contributed by atoms with Crippen molar-refractivity contribution in [2.75, 3.05) is 6.54 Å². The van der Waals surface area contributed by atoms with Crippen LogP contribution in [0.25, 0.3) is 0 Å². The molecule has 0 radical (unpaired) electrons. The number of hydrogen-bond acceptors (Lipinski definition) is 1. The molecule has 0 saturated carbocycles. The van der Waals surface area contributed by atoms with Gasteiger partial charge >= 0.3 is 0 Å². The molecule has 1 atom stereocenters. The van der Waals surface area contributed by atoms with Crippen molar-refractivity contribution in [1.82, 2.24) is 0 Å². The zero-order valence-electron chi connectivity index (χ0n) is 13.1. The smallest absolute Gasteiger partial charge is 0.152 e. The molecule has 0 aliphatic heterocycles. The summed E-state index contributed by atoms with van der Waals surface area (Å²) < 4.78 is 15.1. The fourth-order valence-corrected chi connectivity index (χ4v) is 2.48. The van der Waals surface area contributed by atoms with E-state index in [-0.39, 0.29) is 12.0 Å². The predicted octanol–water partition coefficient (Wildman–Crippen LogP) is 4.35. The summed E-state index contributed by atoms with van der Waals surface area (Å²) in [6, 6.07) is 17.4. The van der Waals surface area contributed by atoms with Gasteiger partial charge in [0.25, 0.3) is 0 Å². The van der Waals surface area contributed by atoms with Crippen molar-refractivity contribution >= 4 is 0 Å². The van der Waals surface area contributed by atoms with E-state index in [0.29, 0.717) is 12.0 Å². The van der Waals surface area contributed by atoms with Crippen molar-refractivity contribution in [3.8, 4) is 0 Å². The lowest BCUT2D eigenvalue weighted by Crippen LogP contribution is -2.32. The number of benzene rings is 2. The van der Waals surface area contributed by atoms with Gasteiger partial charge < -0.3 is 5.73 Å². The second-order valence-corrected chi connectivity index (χ2v) is 6.66. The Kier molecular flexibility index (Phi) is 4.48. The molecule has 112 valence electrons. The third kappa shape index (κ3) is 3.70. The fraction of sp³-hybridized carbons (Fsp3) is 0.368. The lowest BCUT2D eigenvalue weighted by atomic mass is 9.84. The minimum atomic E-state index is -1.51. The SMILES string of the molecule is CC(C)(C)c1ccc(CC(F)(CN)c2ccccc2)cc1. The van der Waals surface area contributed by atoms with Crippen LogP contribution in [0.15, 0.2) is 54.6 Å². The summed E-state index contributed by atoms with van der Waals surface area (Å²) in [7, 11) is 0. The molecule has 0 heterocycles. The van der Waals surface area contributed by atoms with E-state index in [4.69, 9.17) is 5.73 Å². The van der Waals surface area contributed by atoms with Crippen molar-refractivity contribution in [2.24, 2.45) is 5.73 Å². The standard InChI is InChI=1S/C19H24FN/c1-18(2,3)16-11-9-15(10-12-16)13-19(20,14-21)17-7-5-4-6-8-17/h4-12H,13-14,21H2,1-3H3. The molecule has 0 spiro atoms. The van der Waals surface area contributed by atoms with E-state index < -0.39 is 5.67 Å². The van der Waals surface area contributed by atoms with Gasteiger partial charge in [-0.3, -0.25) is 0 Å². The number of alkyl halides is 1. The Morgan fingerprint density at radius 2 is 1.43 bits per heavy atom. The van der Waals surface area contributed by atoms with Crippen molar-refractivity contribution < 1.29 is 4.39 Å². The second-order valence-electron chi connectivity index (χ2n) is 6.66. The highest BCUT2D eigenvalue weighted by Crippen LogP contribution is 2.30. The van der Waals surface area contributed by atoms with Gasteiger partial charge in [0.05, 0.1) is 0 Å². The average Bonchev–Trinajstić information content (AvgIpc) is 2.47. The highest BCUT2D eigenvalue weighted by atomic mass is 19.1. The fourth-order valence-electron chi connectivity index (χ4n) is 2.48. The molecule has 0 fully saturated rings. The monoisotopic (exact) mass is 285 g/mol. The van der Waals surface area contributed by atoms with Crippen molar-refractivity contribution in [3.63, 3.8) is 0 Å². The molecule has 0 aromatic heterocycles. The molecule has 2 aromatic carbocycles. The highest BCUT2D eigenvalue weighted by Gasteiger charge is 2.30. The van der Waals surface area contributed by atoms with Crippen LogP contribution in [0, 0.1) is 0 Å². The molecular weight excluding hydrogens is 261 g/mol. The van der Waals surface area contributed by atoms with Gasteiger partial charge in [-0.25, -0.2) is 4.39 Å². The van der Waals surface area contributed by atoms with E-state index >= 15 is 4.39 Å². The Morgan fingerprint density at radius 1 is 0.857 bits per heavy atom. The van der Waals surface area contributed by atoms with Gasteiger partial charge in [-0.1, -0.05) is 75.4 Å². The molecular formula is C19H24FN. The van der Waals surface area contributed by atoms with E-state index in [2.05, 4.69) is 32.9 Å². The number of hydrogen-bond donors (Lipinski definition) is 1. The van der Waals surface area contributed by atoms with Gasteiger partial charge in [-0.2, -0.15) is 0 Å². The largest absolute Gasteiger partial charge is 0.327 e. The molecule has 21 heavy (non-hydrogen) atoms. The van der Waals surface area contributed by atoms with E-state index in [0.717, 1.165) is 5.56 Å². The molecule has 1 nitrogen and oxygen atoms in total. The first-order valence-electron chi connectivity index (χ1n) is 7.39. The van der Waals surface area contributed by atoms with E-state index in [9.17, 15) is 0 Å². The first kappa shape index (κ1) is 15.7. The van der Waals surface area contributed by atoms with Gasteiger partial charge in [0.2, 0.25) is 0 Å². The Bertz CT molecular complexity index is 569. The van der Waals surface area contributed by atoms with Gasteiger partial charge in [0.1, 0.15) is 0 Å². The maximum atomic E-state index is 15.1. The average molecular weight is 285 g/mol. The normalized spacial score (nSPS) is 14.7. The van der Waals surface area contributed by atoms with Crippen LogP contribution in [0.4, 0.5) is 4.39 Å². The van der Waals surface area contributed by atoms with Crippen LogP contribution in [-0.4, -0.2) is 6.54 Å². The summed E-state index contributed by atoms with van der Waals surface area (Å²) in [4.78, 5) is 0. The number of nitrogens with two attached hydrogens (primary N) is 1. The van der Waals surface area contributed by atoms with Crippen LogP contribution in [0.5, 0.6) is 0 Å². The van der Waals surface area contributed by atoms with Crippen molar-refractivity contribution in [3.05, 3.63) is 71.3 Å². The summed E-state index contributed by atoms with van der Waals surface area (Å²) >= 11 is 0. The maximum absolute atomic E-state index is 15.1. The molecule has 0 aliphatic carbocycles. The first-order chi connectivity index (χ1) is 9.85. The molecule has 0 amide bonds. The van der Waals surface area contributed by atoms with E-state index in [1.165, 1.54) is 5.56 Å². The Balaban J connectivity index is 2.23. The Morgan fingerprint density at radius 3 is 1.90 bits per heavy atom. The summed E-state index contributed by atoms with van der Waals surface area (Å²) in [5.74, 6) is 0. The van der Waals surface area contributed by atoms with Crippen LogP contribution < -0.4 is 5.73 Å². The Labute approximate surface area is 127 Å². The number of rotatable bonds is 4. The second kappa shape index (κ2) is 5.98. The van der Waals surface area contributed by atoms with Crippen molar-refractivity contribution in [1.29, 1.82) is 0 Å². The van der Waals surface area contributed by atoms with Gasteiger partial charge in [-0.05, 0) is 22.1 Å². The van der Waals surface area contributed by atoms with Crippen LogP contribution >= 0.6 is 0 Å². The van der Waals surface area contributed by atoms with Crippen molar-refractivity contribution in [2.45, 2.75) is 38.3 Å². The van der Waals surface area contributed by atoms with Crippen LogP contribution in [0.3, 0.4) is 0 Å². The lowest BCUT2D eigenvalue weighted by Gasteiger charge is -2.25. The molecule has 2 N–H and O–H groups in total. The first-order valence-corrected chi connectivity index (χ1v) is 7.39. The number of halogens is 1. The van der Waals surface area contributed by atoms with Crippen LogP contribution in [0.1, 0.15) is 37.5 Å². The van der Waals surface area contributed by atoms with E-state index in [1.54, 1.807) is 12.1 Å². The summed E-state index contributed by atoms with van der Waals surface area (Å²) in [5, 5.41) is 0. The molecule has 1 unspecified atom stereocenters. The van der Waals surface area contributed by atoms with Gasteiger partial charge in [0, 0.05) is 13.0 Å². The van der Waals surface area contributed by atoms with Gasteiger partial charge in [0.15, 0.2) is 5.67 Å². The molecule has 2 rings (SSSR count). The predicted molar refractivity (Wildman–Crippen MR) is 87.1 cm³/mol. The quantitative estimate of drug-likeness (QED) is 0.888. The molecule has 2 aromatic rings. The third-order valence-electron chi connectivity index (χ3n) is 3.92. The highest BCUT2D eigenvalue weighted by molar-refractivity contribution is 5.31. The third-order valence-corrected chi connectivity index (χ3v) is 3.92. The topological polar surface area (TPSA) is 26.0 Å². The van der Waals surface area contributed by atoms with E-state index in [1.807, 2.05) is 30.3 Å². The zero-order chi connectivity index (χ0) is 15.5. The Hall–Kier alpha value is -1.67. The molecule has 0 aliphatic rings.